The van der Waals surface area contributed by atoms with E-state index in [0.29, 0.717) is 0 Å². The molecule has 0 aliphatic heterocycles. The van der Waals surface area contributed by atoms with Crippen molar-refractivity contribution < 1.29 is 24.6 Å². The van der Waals surface area contributed by atoms with Crippen LogP contribution < -0.4 is 10.0 Å². The van der Waals surface area contributed by atoms with E-state index in [4.69, 9.17) is 10.0 Å². The predicted octanol–water partition coefficient (Wildman–Crippen LogP) is 11.1. The van der Waals surface area contributed by atoms with Gasteiger partial charge in [0.15, 0.2) is 0 Å². The Hall–Kier alpha value is -6.03. The van der Waals surface area contributed by atoms with Gasteiger partial charge in [0, 0.05) is 46.5 Å². The van der Waals surface area contributed by atoms with Gasteiger partial charge in [-0.2, -0.15) is 0 Å². The first-order valence-electron chi connectivity index (χ1n) is 17.0. The molecule has 0 atom stereocenters. The lowest BCUT2D eigenvalue weighted by atomic mass is 10.0. The fraction of sp³-hybridized carbons (Fsp3) is 0. The number of halogens is 1. The summed E-state index contributed by atoms with van der Waals surface area (Å²) >= 11 is 3.58. The molecular formula is C46H34BFO4S2. The summed E-state index contributed by atoms with van der Waals surface area (Å²) in [5.41, 5.74) is 9.35. The van der Waals surface area contributed by atoms with E-state index in [2.05, 4.69) is 121 Å². The van der Waals surface area contributed by atoms with Crippen LogP contribution in [0.15, 0.2) is 194 Å². The Morgan fingerprint density at radius 1 is 0.333 bits per heavy atom. The Balaban J connectivity index is 0.000000168. The number of benzene rings is 6. The highest BCUT2D eigenvalue weighted by Gasteiger charge is 2.20. The van der Waals surface area contributed by atoms with E-state index in [1.807, 2.05) is 48.5 Å². The molecule has 8 aromatic rings. The van der Waals surface area contributed by atoms with Gasteiger partial charge in [0.2, 0.25) is 42.2 Å². The van der Waals surface area contributed by atoms with Crippen LogP contribution >= 0.6 is 22.7 Å². The Morgan fingerprint density at radius 3 is 0.778 bits per heavy atom. The summed E-state index contributed by atoms with van der Waals surface area (Å²) in [6, 6.07) is 65.4. The van der Waals surface area contributed by atoms with Crippen molar-refractivity contribution in [3.8, 4) is 75.5 Å². The van der Waals surface area contributed by atoms with E-state index < -0.39 is 7.40 Å². The second-order valence-corrected chi connectivity index (χ2v) is 14.1. The monoisotopic (exact) mass is 744 g/mol. The maximum Gasteiger partial charge on any atom is 0.239 e. The molecule has 4 nitrogen and oxygen atoms in total. The molecule has 2 aromatic heterocycles. The van der Waals surface area contributed by atoms with Crippen molar-refractivity contribution in [2.75, 3.05) is 0 Å². The van der Waals surface area contributed by atoms with E-state index >= 15 is 0 Å². The van der Waals surface area contributed by atoms with Crippen LogP contribution in [0, 0.1) is 0 Å². The van der Waals surface area contributed by atoms with Gasteiger partial charge in [0.05, 0.1) is 0 Å². The third-order valence-electron chi connectivity index (χ3n) is 8.22. The molecule has 0 saturated carbocycles. The van der Waals surface area contributed by atoms with Gasteiger partial charge in [-0.15, -0.1) is 0 Å². The third kappa shape index (κ3) is 10.5. The highest BCUT2D eigenvalue weighted by atomic mass is 32.1. The van der Waals surface area contributed by atoms with Gasteiger partial charge in [0.25, 0.3) is 0 Å². The molecule has 0 aliphatic rings. The van der Waals surface area contributed by atoms with Crippen molar-refractivity contribution in [3.05, 3.63) is 194 Å². The first-order chi connectivity index (χ1) is 26.3. The topological polar surface area (TPSA) is 86.6 Å². The SMILES string of the molecule is Oc1ccc(-c2cc(-c3ccccc3)[s+]c(-c3ccccc3)c2)cc1.Oc1ccc(-c2cc(-c3ccccc3)[s+]c(-c3ccccc3)c2)cc1.[O-]B([O-])F. The zero-order valence-corrected chi connectivity index (χ0v) is 30.6. The summed E-state index contributed by atoms with van der Waals surface area (Å²) in [6.45, 7) is 0. The second kappa shape index (κ2) is 18.6. The van der Waals surface area contributed by atoms with Crippen LogP contribution in [0.4, 0.5) is 4.32 Å². The molecule has 54 heavy (non-hydrogen) atoms. The largest absolute Gasteiger partial charge is 0.867 e. The van der Waals surface area contributed by atoms with Gasteiger partial charge in [0.1, 0.15) is 18.9 Å². The number of phenolic OH excluding ortho intramolecular Hbond substituents is 2. The normalized spacial score (nSPS) is 10.3. The van der Waals surface area contributed by atoms with Crippen LogP contribution in [0.2, 0.25) is 0 Å². The molecule has 0 amide bonds. The number of rotatable bonds is 6. The third-order valence-corrected chi connectivity index (χ3v) is 10.5. The van der Waals surface area contributed by atoms with Crippen LogP contribution in [0.5, 0.6) is 11.5 Å². The number of hydrogen-bond donors (Lipinski definition) is 2. The molecule has 0 spiro atoms. The zero-order chi connectivity index (χ0) is 37.7. The van der Waals surface area contributed by atoms with Gasteiger partial charge in [-0.25, -0.2) is 0 Å². The van der Waals surface area contributed by atoms with Crippen molar-refractivity contribution in [1.82, 2.24) is 0 Å². The van der Waals surface area contributed by atoms with Gasteiger partial charge in [-0.3, -0.25) is 0 Å². The lowest BCUT2D eigenvalue weighted by Crippen LogP contribution is -2.39. The van der Waals surface area contributed by atoms with Gasteiger partial charge in [-0.05, 0) is 95.1 Å². The Labute approximate surface area is 322 Å². The summed E-state index contributed by atoms with van der Waals surface area (Å²) in [5, 5.41) is 35.8. The minimum Gasteiger partial charge on any atom is -0.867 e. The fourth-order valence-corrected chi connectivity index (χ4v) is 7.86. The molecule has 0 unspecified atom stereocenters. The number of phenols is 2. The molecule has 0 aliphatic carbocycles. The van der Waals surface area contributed by atoms with Crippen LogP contribution in [-0.4, -0.2) is 17.6 Å². The molecule has 2 N–H and O–H groups in total. The highest BCUT2D eigenvalue weighted by Crippen LogP contribution is 2.39. The standard InChI is InChI=1S/2C23H16OS.BFO2/c2*24-21-13-11-17(12-14-21)20-15-22(18-7-3-1-4-8-18)25-23(16-20)19-9-5-2-6-10-19;2-1(3)4/h2*1-16H;/q;;-2/p+2. The summed E-state index contributed by atoms with van der Waals surface area (Å²) in [5.74, 6) is 0.572. The van der Waals surface area contributed by atoms with Crippen LogP contribution in [0.25, 0.3) is 64.0 Å². The summed E-state index contributed by atoms with van der Waals surface area (Å²) in [4.78, 5) is 4.91. The summed E-state index contributed by atoms with van der Waals surface area (Å²) in [6.07, 6.45) is 0. The smallest absolute Gasteiger partial charge is 0.239 e. The average Bonchev–Trinajstić information content (AvgIpc) is 3.22. The molecule has 8 heteroatoms. The fourth-order valence-electron chi connectivity index (χ4n) is 5.62. The Bertz CT molecular complexity index is 2080. The zero-order valence-electron chi connectivity index (χ0n) is 29.0. The maximum atomic E-state index is 9.89. The Morgan fingerprint density at radius 2 is 0.556 bits per heavy atom. The summed E-state index contributed by atoms with van der Waals surface area (Å²) in [7, 11) is -3.17. The van der Waals surface area contributed by atoms with E-state index in [1.54, 1.807) is 46.9 Å². The molecule has 6 aromatic carbocycles. The first-order valence-corrected chi connectivity index (χ1v) is 18.7. The van der Waals surface area contributed by atoms with E-state index in [9.17, 15) is 14.5 Å². The molecule has 0 fully saturated rings. The minimum atomic E-state index is -3.17. The lowest BCUT2D eigenvalue weighted by molar-refractivity contribution is -0.366. The van der Waals surface area contributed by atoms with Crippen molar-refractivity contribution >= 4 is 30.1 Å². The quantitative estimate of drug-likeness (QED) is 0.131. The van der Waals surface area contributed by atoms with E-state index in [0.717, 1.165) is 22.3 Å². The van der Waals surface area contributed by atoms with E-state index in [1.165, 1.54) is 41.8 Å². The average molecular weight is 745 g/mol. The first kappa shape index (κ1) is 37.7. The van der Waals surface area contributed by atoms with Crippen LogP contribution in [0.3, 0.4) is 0 Å². The lowest BCUT2D eigenvalue weighted by Gasteiger charge is -2.09. The second-order valence-electron chi connectivity index (χ2n) is 12.0. The molecule has 2 heterocycles. The molecule has 0 radical (unpaired) electrons. The molecule has 264 valence electrons. The van der Waals surface area contributed by atoms with Crippen LogP contribution in [-0.2, 0) is 0 Å². The van der Waals surface area contributed by atoms with E-state index in [-0.39, 0.29) is 11.5 Å². The van der Waals surface area contributed by atoms with Gasteiger partial charge >= 0.3 is 0 Å². The highest BCUT2D eigenvalue weighted by molar-refractivity contribution is 7.18. The molecule has 0 saturated heterocycles. The van der Waals surface area contributed by atoms with Crippen molar-refractivity contribution in [2.45, 2.75) is 0 Å². The Kier molecular flexibility index (Phi) is 13.0. The minimum absolute atomic E-state index is 0.286. The molecular weight excluding hydrogens is 710 g/mol. The van der Waals surface area contributed by atoms with Crippen molar-refractivity contribution in [2.24, 2.45) is 0 Å². The van der Waals surface area contributed by atoms with Gasteiger partial charge < -0.3 is 24.6 Å². The number of hydrogen-bond acceptors (Lipinski definition) is 4. The van der Waals surface area contributed by atoms with Crippen molar-refractivity contribution in [1.29, 1.82) is 0 Å². The molecule has 8 rings (SSSR count). The number of aromatic hydroxyl groups is 2. The van der Waals surface area contributed by atoms with Gasteiger partial charge in [-0.1, -0.05) is 97.1 Å². The molecule has 0 bridgehead atoms. The summed E-state index contributed by atoms with van der Waals surface area (Å²) < 4.78 is 9.89. The predicted molar refractivity (Wildman–Crippen MR) is 220 cm³/mol. The van der Waals surface area contributed by atoms with Crippen molar-refractivity contribution in [3.63, 3.8) is 0 Å². The van der Waals surface area contributed by atoms with Crippen LogP contribution in [0.1, 0.15) is 0 Å². The maximum absolute atomic E-state index is 9.89.